The van der Waals surface area contributed by atoms with Gasteiger partial charge in [0.05, 0.1) is 6.61 Å². The molecule has 2 rings (SSSR count). The van der Waals surface area contributed by atoms with Gasteiger partial charge in [-0.15, -0.1) is 0 Å². The molecule has 2 aromatic carbocycles. The summed E-state index contributed by atoms with van der Waals surface area (Å²) in [6.45, 7) is 4.13. The molecule has 0 fully saturated rings. The van der Waals surface area contributed by atoms with E-state index in [0.717, 1.165) is 12.8 Å². The van der Waals surface area contributed by atoms with Crippen molar-refractivity contribution < 1.29 is 28.7 Å². The molecule has 0 saturated carbocycles. The number of benzene rings is 2. The van der Waals surface area contributed by atoms with Crippen LogP contribution < -0.4 is 0 Å². The number of hydrogen-bond acceptors (Lipinski definition) is 6. The minimum Gasteiger partial charge on any atom is -0.385 e. The number of carbonyl (C=O) groups excluding carboxylic acids is 4. The van der Waals surface area contributed by atoms with Crippen LogP contribution in [0.1, 0.15) is 111 Å². The first-order chi connectivity index (χ1) is 15.3. The van der Waals surface area contributed by atoms with Crippen molar-refractivity contribution >= 4 is 23.1 Å². The summed E-state index contributed by atoms with van der Waals surface area (Å²) in [6.07, 6.45) is 2.63. The first kappa shape index (κ1) is 40.2. The van der Waals surface area contributed by atoms with E-state index in [1.807, 2.05) is 0 Å². The number of unbranched alkanes of at least 4 members (excludes halogenated alkanes) is 1. The van der Waals surface area contributed by atoms with Crippen molar-refractivity contribution in [3.8, 4) is 0 Å². The molecular formula is C30H48O6. The zero-order valence-electron chi connectivity index (χ0n) is 19.3. The third kappa shape index (κ3) is 15.1. The number of rotatable bonds is 12. The molecule has 0 spiro atoms. The molecule has 0 N–H and O–H groups in total. The van der Waals surface area contributed by atoms with E-state index in [-0.39, 0.29) is 52.8 Å². The molecule has 0 atom stereocenters. The Morgan fingerprint density at radius 1 is 0.528 bits per heavy atom. The molecule has 0 amide bonds. The van der Waals surface area contributed by atoms with Gasteiger partial charge in [0, 0.05) is 55.9 Å². The number of hydrogen-bond donors (Lipinski definition) is 0. The number of ketones is 4. The predicted molar refractivity (Wildman–Crippen MR) is 151 cm³/mol. The molecule has 2 aromatic rings. The zero-order chi connectivity index (χ0) is 23.9. The molecule has 6 heteroatoms. The molecule has 6 nitrogen and oxygen atoms in total. The Labute approximate surface area is 219 Å². The lowest BCUT2D eigenvalue weighted by Gasteiger charge is -2.02. The van der Waals surface area contributed by atoms with Crippen molar-refractivity contribution in [1.29, 1.82) is 0 Å². The second-order valence-electron chi connectivity index (χ2n) is 7.31. The van der Waals surface area contributed by atoms with Crippen molar-refractivity contribution in [3.05, 3.63) is 70.8 Å². The Balaban J connectivity index is -0.000000257. The first-order valence-electron chi connectivity index (χ1n) is 10.6. The van der Waals surface area contributed by atoms with Gasteiger partial charge in [-0.25, -0.2) is 0 Å². The van der Waals surface area contributed by atoms with Crippen molar-refractivity contribution in [2.24, 2.45) is 0 Å². The Hall–Kier alpha value is -2.96. The normalized spacial score (nSPS) is 9.00. The Bertz CT molecular complexity index is 883. The van der Waals surface area contributed by atoms with E-state index < -0.39 is 0 Å². The molecule has 0 unspecified atom stereocenters. The summed E-state index contributed by atoms with van der Waals surface area (Å²) in [5.74, 6) is 0.179. The predicted octanol–water partition coefficient (Wildman–Crippen LogP) is 7.54. The summed E-state index contributed by atoms with van der Waals surface area (Å²) >= 11 is 0. The minimum absolute atomic E-state index is 0. The van der Waals surface area contributed by atoms with Gasteiger partial charge in [-0.3, -0.25) is 19.2 Å². The maximum atomic E-state index is 11.8. The molecule has 204 valence electrons. The Kier molecular flexibility index (Phi) is 25.1. The SMILES string of the molecule is C.C.C.C.COCCC(=O)c1ccc(C(C)=O)cc1.COCCCCC(=O)c1ccc(C(C)=O)cc1. The molecule has 0 aliphatic heterocycles. The first-order valence-corrected chi connectivity index (χ1v) is 10.6. The van der Waals surface area contributed by atoms with E-state index in [0.29, 0.717) is 48.3 Å². The van der Waals surface area contributed by atoms with Gasteiger partial charge in [-0.2, -0.15) is 0 Å². The minimum atomic E-state index is 0. The third-order valence-electron chi connectivity index (χ3n) is 4.76. The molecule has 0 aliphatic carbocycles. The highest BCUT2D eigenvalue weighted by molar-refractivity contribution is 5.99. The summed E-state index contributed by atoms with van der Waals surface area (Å²) < 4.78 is 9.74. The molecule has 0 aromatic heterocycles. The molecular weight excluding hydrogens is 456 g/mol. The average molecular weight is 505 g/mol. The van der Waals surface area contributed by atoms with Gasteiger partial charge in [0.15, 0.2) is 23.1 Å². The monoisotopic (exact) mass is 504 g/mol. The van der Waals surface area contributed by atoms with Crippen LogP contribution in [0.5, 0.6) is 0 Å². The van der Waals surface area contributed by atoms with Gasteiger partial charge in [-0.05, 0) is 26.7 Å². The zero-order valence-corrected chi connectivity index (χ0v) is 19.3. The number of carbonyl (C=O) groups is 4. The molecule has 0 saturated heterocycles. The van der Waals surface area contributed by atoms with Crippen LogP contribution in [0.2, 0.25) is 0 Å². The molecule has 0 bridgehead atoms. The summed E-state index contributed by atoms with van der Waals surface area (Å²) in [5, 5.41) is 0. The Morgan fingerprint density at radius 3 is 1.19 bits per heavy atom. The van der Waals surface area contributed by atoms with Gasteiger partial charge < -0.3 is 9.47 Å². The van der Waals surface area contributed by atoms with Gasteiger partial charge >= 0.3 is 0 Å². The van der Waals surface area contributed by atoms with Gasteiger partial charge in [-0.1, -0.05) is 78.2 Å². The maximum absolute atomic E-state index is 11.8. The highest BCUT2D eigenvalue weighted by Crippen LogP contribution is 2.10. The standard InChI is InChI=1S/C14H18O3.C12H14O3.4CH4/c1-11(15)12-6-8-13(9-7-12)14(16)5-3-4-10-17-2;1-9(13)10-3-5-11(6-4-10)12(14)7-8-15-2;;;;/h6-9H,3-5,10H2,1-2H3;3-6H,7-8H2,1-2H3;4*1H4. The van der Waals surface area contributed by atoms with E-state index in [1.54, 1.807) is 62.8 Å². The summed E-state index contributed by atoms with van der Waals surface area (Å²) in [5.41, 5.74) is 2.56. The van der Waals surface area contributed by atoms with Gasteiger partial charge in [0.2, 0.25) is 0 Å². The van der Waals surface area contributed by atoms with Crippen LogP contribution in [0.4, 0.5) is 0 Å². The molecule has 0 radical (unpaired) electrons. The topological polar surface area (TPSA) is 86.7 Å². The molecule has 0 aliphatic rings. The van der Waals surface area contributed by atoms with E-state index >= 15 is 0 Å². The van der Waals surface area contributed by atoms with Crippen LogP contribution in [-0.2, 0) is 9.47 Å². The van der Waals surface area contributed by atoms with Gasteiger partial charge in [0.1, 0.15) is 0 Å². The van der Waals surface area contributed by atoms with E-state index in [2.05, 4.69) is 0 Å². The van der Waals surface area contributed by atoms with Crippen LogP contribution in [-0.4, -0.2) is 50.6 Å². The summed E-state index contributed by atoms with van der Waals surface area (Å²) in [7, 11) is 3.22. The third-order valence-corrected chi connectivity index (χ3v) is 4.76. The second-order valence-corrected chi connectivity index (χ2v) is 7.31. The highest BCUT2D eigenvalue weighted by Gasteiger charge is 2.07. The summed E-state index contributed by atoms with van der Waals surface area (Å²) in [4.78, 5) is 45.3. The van der Waals surface area contributed by atoms with Crippen LogP contribution >= 0.6 is 0 Å². The fourth-order valence-corrected chi connectivity index (χ4v) is 2.80. The number of Topliss-reactive ketones (excluding diaryl/α,β-unsaturated/α-hetero) is 4. The van der Waals surface area contributed by atoms with Crippen LogP contribution in [0.3, 0.4) is 0 Å². The smallest absolute Gasteiger partial charge is 0.165 e. The number of methoxy groups -OCH3 is 2. The maximum Gasteiger partial charge on any atom is 0.165 e. The van der Waals surface area contributed by atoms with E-state index in [1.165, 1.54) is 13.8 Å². The van der Waals surface area contributed by atoms with Crippen molar-refractivity contribution in [2.75, 3.05) is 27.4 Å². The highest BCUT2D eigenvalue weighted by atomic mass is 16.5. The fraction of sp³-hybridized carbons (Fsp3) is 0.467. The average Bonchev–Trinajstić information content (AvgIpc) is 2.80. The van der Waals surface area contributed by atoms with Crippen LogP contribution in [0, 0.1) is 0 Å². The van der Waals surface area contributed by atoms with Crippen LogP contribution in [0.15, 0.2) is 48.5 Å². The Morgan fingerprint density at radius 2 is 0.861 bits per heavy atom. The molecule has 0 heterocycles. The summed E-state index contributed by atoms with van der Waals surface area (Å²) in [6, 6.07) is 13.5. The van der Waals surface area contributed by atoms with Crippen LogP contribution in [0.25, 0.3) is 0 Å². The van der Waals surface area contributed by atoms with E-state index in [4.69, 9.17) is 9.47 Å². The lowest BCUT2D eigenvalue weighted by Crippen LogP contribution is -2.03. The number of ether oxygens (including phenoxy) is 2. The lowest BCUT2D eigenvalue weighted by molar-refractivity contribution is 0.0929. The largest absolute Gasteiger partial charge is 0.385 e. The fourth-order valence-electron chi connectivity index (χ4n) is 2.80. The van der Waals surface area contributed by atoms with Gasteiger partial charge in [0.25, 0.3) is 0 Å². The lowest BCUT2D eigenvalue weighted by atomic mass is 10.0. The quantitative estimate of drug-likeness (QED) is 0.219. The van der Waals surface area contributed by atoms with Crippen molar-refractivity contribution in [3.63, 3.8) is 0 Å². The van der Waals surface area contributed by atoms with Crippen molar-refractivity contribution in [2.45, 2.75) is 69.2 Å². The second kappa shape index (κ2) is 22.5. The van der Waals surface area contributed by atoms with E-state index in [9.17, 15) is 19.2 Å². The van der Waals surface area contributed by atoms with Crippen molar-refractivity contribution in [1.82, 2.24) is 0 Å². The molecule has 36 heavy (non-hydrogen) atoms.